The lowest BCUT2D eigenvalue weighted by molar-refractivity contribution is -0.130. The van der Waals surface area contributed by atoms with Crippen molar-refractivity contribution in [2.24, 2.45) is 5.92 Å². The molecule has 0 N–H and O–H groups in total. The zero-order valence-corrected chi connectivity index (χ0v) is 11.3. The Labute approximate surface area is 108 Å². The number of amides is 2. The Morgan fingerprint density at radius 2 is 2.11 bits per heavy atom. The highest BCUT2D eigenvalue weighted by Crippen LogP contribution is 2.29. The molecule has 1 rings (SSSR count). The Kier molecular flexibility index (Phi) is 4.33. The van der Waals surface area contributed by atoms with Gasteiger partial charge in [0, 0.05) is 5.92 Å². The topological polar surface area (TPSA) is 46.6 Å². The number of rotatable bonds is 3. The van der Waals surface area contributed by atoms with E-state index in [1.165, 1.54) is 4.90 Å². The second-order valence-electron chi connectivity index (χ2n) is 5.45. The number of hydrogen-bond acceptors (Lipinski definition) is 3. The van der Waals surface area contributed by atoms with Crippen molar-refractivity contribution in [3.05, 3.63) is 25.3 Å². The average Bonchev–Trinajstić information content (AvgIpc) is 2.54. The first kappa shape index (κ1) is 14.5. The number of carbonyl (C=O) groups excluding carboxylic acids is 2. The summed E-state index contributed by atoms with van der Waals surface area (Å²) in [5.41, 5.74) is -0.612. The van der Waals surface area contributed by atoms with Crippen LogP contribution in [0.3, 0.4) is 0 Å². The summed E-state index contributed by atoms with van der Waals surface area (Å²) in [7, 11) is 0. The minimum atomic E-state index is -0.612. The van der Waals surface area contributed by atoms with Crippen LogP contribution in [0.15, 0.2) is 25.3 Å². The molecule has 1 saturated heterocycles. The number of likely N-dealkylation sites (tertiary alicyclic amines) is 1. The molecule has 2 atom stereocenters. The molecule has 1 aliphatic rings. The molecule has 0 aromatic rings. The SMILES string of the molecule is C=CC[C@@H]1C[C@H](C=C)N(C(=O)OC(C)(C)C)C1=O. The van der Waals surface area contributed by atoms with Gasteiger partial charge >= 0.3 is 6.09 Å². The molecule has 100 valence electrons. The van der Waals surface area contributed by atoms with Gasteiger partial charge in [-0.2, -0.15) is 0 Å². The van der Waals surface area contributed by atoms with Crippen LogP contribution in [0.2, 0.25) is 0 Å². The summed E-state index contributed by atoms with van der Waals surface area (Å²) in [6, 6.07) is -0.280. The van der Waals surface area contributed by atoms with Crippen LogP contribution in [0.5, 0.6) is 0 Å². The molecule has 0 spiro atoms. The first-order valence-electron chi connectivity index (χ1n) is 6.09. The maximum absolute atomic E-state index is 12.1. The van der Waals surface area contributed by atoms with Crippen LogP contribution in [0.1, 0.15) is 33.6 Å². The monoisotopic (exact) mass is 251 g/mol. The molecule has 1 fully saturated rings. The number of hydrogen-bond donors (Lipinski definition) is 0. The molecular weight excluding hydrogens is 230 g/mol. The van der Waals surface area contributed by atoms with Gasteiger partial charge in [0.25, 0.3) is 0 Å². The van der Waals surface area contributed by atoms with Crippen LogP contribution in [0, 0.1) is 5.92 Å². The van der Waals surface area contributed by atoms with Crippen molar-refractivity contribution in [2.45, 2.75) is 45.3 Å². The normalized spacial score (nSPS) is 23.9. The van der Waals surface area contributed by atoms with Crippen molar-refractivity contribution >= 4 is 12.0 Å². The summed E-state index contributed by atoms with van der Waals surface area (Å²) < 4.78 is 5.24. The molecule has 18 heavy (non-hydrogen) atoms. The smallest absolute Gasteiger partial charge is 0.417 e. The van der Waals surface area contributed by atoms with E-state index in [1.807, 2.05) is 0 Å². The third-order valence-corrected chi connectivity index (χ3v) is 2.76. The van der Waals surface area contributed by atoms with E-state index in [-0.39, 0.29) is 17.9 Å². The molecule has 0 aliphatic carbocycles. The highest BCUT2D eigenvalue weighted by molar-refractivity contribution is 5.96. The Balaban J connectivity index is 2.85. The minimum absolute atomic E-state index is 0.196. The highest BCUT2D eigenvalue weighted by Gasteiger charge is 2.42. The van der Waals surface area contributed by atoms with E-state index in [0.717, 1.165) is 0 Å². The highest BCUT2D eigenvalue weighted by atomic mass is 16.6. The standard InChI is InChI=1S/C14H21NO3/c1-6-8-10-9-11(7-2)15(12(10)16)13(17)18-14(3,4)5/h6-7,10-11H,1-2,8-9H2,3-5H3/t10-,11+/m1/s1. The largest absolute Gasteiger partial charge is 0.443 e. The number of imide groups is 1. The fourth-order valence-electron chi connectivity index (χ4n) is 1.99. The van der Waals surface area contributed by atoms with Crippen molar-refractivity contribution < 1.29 is 14.3 Å². The second-order valence-corrected chi connectivity index (χ2v) is 5.45. The van der Waals surface area contributed by atoms with Crippen LogP contribution in [-0.4, -0.2) is 28.5 Å². The van der Waals surface area contributed by atoms with Crippen LogP contribution in [0.25, 0.3) is 0 Å². The lowest BCUT2D eigenvalue weighted by Crippen LogP contribution is -2.42. The summed E-state index contributed by atoms with van der Waals surface area (Å²) >= 11 is 0. The van der Waals surface area contributed by atoms with Crippen LogP contribution in [0.4, 0.5) is 4.79 Å². The molecule has 2 amide bonds. The number of carbonyl (C=O) groups is 2. The predicted molar refractivity (Wildman–Crippen MR) is 70.0 cm³/mol. The summed E-state index contributed by atoms with van der Waals surface area (Å²) in [5, 5.41) is 0. The number of allylic oxidation sites excluding steroid dienone is 1. The molecule has 0 bridgehead atoms. The van der Waals surface area contributed by atoms with Crippen LogP contribution >= 0.6 is 0 Å². The molecule has 0 aromatic heterocycles. The van der Waals surface area contributed by atoms with Gasteiger partial charge in [0.05, 0.1) is 6.04 Å². The Hall–Kier alpha value is -1.58. The van der Waals surface area contributed by atoms with E-state index in [0.29, 0.717) is 12.8 Å². The van der Waals surface area contributed by atoms with Gasteiger partial charge in [-0.05, 0) is 33.6 Å². The van der Waals surface area contributed by atoms with E-state index >= 15 is 0 Å². The van der Waals surface area contributed by atoms with Crippen molar-refractivity contribution in [1.82, 2.24) is 4.90 Å². The molecule has 0 saturated carbocycles. The molecule has 1 heterocycles. The molecule has 0 aromatic carbocycles. The Bertz CT molecular complexity index is 368. The molecular formula is C14H21NO3. The van der Waals surface area contributed by atoms with E-state index in [4.69, 9.17) is 4.74 Å². The molecule has 4 heteroatoms. The molecule has 4 nitrogen and oxygen atoms in total. The fraction of sp³-hybridized carbons (Fsp3) is 0.571. The average molecular weight is 251 g/mol. The van der Waals surface area contributed by atoms with E-state index in [9.17, 15) is 9.59 Å². The maximum Gasteiger partial charge on any atom is 0.417 e. The molecule has 0 unspecified atom stereocenters. The van der Waals surface area contributed by atoms with Gasteiger partial charge in [-0.15, -0.1) is 13.2 Å². The third-order valence-electron chi connectivity index (χ3n) is 2.76. The maximum atomic E-state index is 12.1. The lowest BCUT2D eigenvalue weighted by atomic mass is 10.0. The third kappa shape index (κ3) is 3.22. The lowest BCUT2D eigenvalue weighted by Gasteiger charge is -2.26. The van der Waals surface area contributed by atoms with Gasteiger partial charge in [0.15, 0.2) is 0 Å². The van der Waals surface area contributed by atoms with Crippen molar-refractivity contribution in [3.63, 3.8) is 0 Å². The van der Waals surface area contributed by atoms with Crippen molar-refractivity contribution in [3.8, 4) is 0 Å². The van der Waals surface area contributed by atoms with Crippen LogP contribution in [-0.2, 0) is 9.53 Å². The molecule has 1 aliphatic heterocycles. The first-order valence-corrected chi connectivity index (χ1v) is 6.09. The summed E-state index contributed by atoms with van der Waals surface area (Å²) in [6.45, 7) is 12.6. The Morgan fingerprint density at radius 1 is 1.50 bits per heavy atom. The number of nitrogens with zero attached hydrogens (tertiary/aromatic N) is 1. The van der Waals surface area contributed by atoms with Gasteiger partial charge in [-0.25, -0.2) is 9.69 Å². The van der Waals surface area contributed by atoms with Gasteiger partial charge in [0.2, 0.25) is 5.91 Å². The van der Waals surface area contributed by atoms with Crippen molar-refractivity contribution in [2.75, 3.05) is 0 Å². The minimum Gasteiger partial charge on any atom is -0.443 e. The van der Waals surface area contributed by atoms with Gasteiger partial charge in [-0.1, -0.05) is 12.2 Å². The zero-order chi connectivity index (χ0) is 13.9. The van der Waals surface area contributed by atoms with Gasteiger partial charge < -0.3 is 4.74 Å². The van der Waals surface area contributed by atoms with E-state index in [2.05, 4.69) is 13.2 Å². The van der Waals surface area contributed by atoms with Crippen LogP contribution < -0.4 is 0 Å². The first-order chi connectivity index (χ1) is 8.30. The van der Waals surface area contributed by atoms with E-state index in [1.54, 1.807) is 32.9 Å². The predicted octanol–water partition coefficient (Wildman–Crippen LogP) is 2.90. The fourth-order valence-corrected chi connectivity index (χ4v) is 1.99. The second kappa shape index (κ2) is 5.38. The number of ether oxygens (including phenoxy) is 1. The summed E-state index contributed by atoms with van der Waals surface area (Å²) in [5.74, 6) is -0.396. The van der Waals surface area contributed by atoms with Gasteiger partial charge in [0.1, 0.15) is 5.60 Å². The molecule has 0 radical (unpaired) electrons. The summed E-state index contributed by atoms with van der Waals surface area (Å²) in [4.78, 5) is 25.3. The van der Waals surface area contributed by atoms with Gasteiger partial charge in [-0.3, -0.25) is 4.79 Å². The zero-order valence-electron chi connectivity index (χ0n) is 11.3. The summed E-state index contributed by atoms with van der Waals surface area (Å²) in [6.07, 6.45) is 3.88. The van der Waals surface area contributed by atoms with Crippen molar-refractivity contribution in [1.29, 1.82) is 0 Å². The van der Waals surface area contributed by atoms with E-state index < -0.39 is 11.7 Å². The Morgan fingerprint density at radius 3 is 2.56 bits per heavy atom. The quantitative estimate of drug-likeness (QED) is 0.724.